The van der Waals surface area contributed by atoms with Gasteiger partial charge in [-0.25, -0.2) is 0 Å². The Balaban J connectivity index is 1.21. The van der Waals surface area contributed by atoms with E-state index in [2.05, 4.69) is 147 Å². The molecule has 5 aliphatic carbocycles. The standard InChI is InChI=1S/C48H40N2/c1-47(2)39-19-8-5-16-34(39)36-24-25-42-44(45(36)47)38-17-7-10-21-41(38)48(42)40-20-9-6-15-33(40)35-23-22-30(28-43(35)48)46(50)37(26-27-49)32-18-11-13-29-12-3-4-14-31(29)32/h3-21,24-28,34,39,46,49H,22-23,50H2,1-2H3/b37-26-,49-27?/t34?,39?,46-,48?/m1/s1. The van der Waals surface area contributed by atoms with Gasteiger partial charge < -0.3 is 11.1 Å². The van der Waals surface area contributed by atoms with Gasteiger partial charge >= 0.3 is 0 Å². The van der Waals surface area contributed by atoms with E-state index < -0.39 is 5.41 Å². The van der Waals surface area contributed by atoms with Crippen LogP contribution in [-0.4, -0.2) is 12.3 Å². The molecule has 1 spiro atoms. The Labute approximate surface area is 294 Å². The van der Waals surface area contributed by atoms with Crippen LogP contribution in [0.4, 0.5) is 0 Å². The Hall–Kier alpha value is -5.31. The fourth-order valence-corrected chi connectivity index (χ4v) is 10.7. The van der Waals surface area contributed by atoms with E-state index in [1.54, 1.807) is 0 Å². The molecule has 0 heterocycles. The summed E-state index contributed by atoms with van der Waals surface area (Å²) in [7, 11) is 0. The first-order chi connectivity index (χ1) is 24.5. The Morgan fingerprint density at radius 3 is 2.34 bits per heavy atom. The van der Waals surface area contributed by atoms with Crippen molar-refractivity contribution in [2.75, 3.05) is 0 Å². The first-order valence-corrected chi connectivity index (χ1v) is 18.1. The molecule has 3 N–H and O–H groups in total. The highest BCUT2D eigenvalue weighted by Crippen LogP contribution is 2.67. The minimum absolute atomic E-state index is 0.0125. The molecule has 2 heteroatoms. The van der Waals surface area contributed by atoms with Crippen molar-refractivity contribution in [3.05, 3.63) is 190 Å². The number of allylic oxidation sites excluding steroid dienone is 8. The second-order valence-electron chi connectivity index (χ2n) is 15.2. The second kappa shape index (κ2) is 10.6. The predicted octanol–water partition coefficient (Wildman–Crippen LogP) is 10.8. The molecule has 0 saturated carbocycles. The highest BCUT2D eigenvalue weighted by atomic mass is 14.7. The fraction of sp³-hybridized carbons (Fsp3) is 0.188. The number of nitrogens with one attached hydrogen (secondary N) is 1. The number of hydrogen-bond acceptors (Lipinski definition) is 2. The van der Waals surface area contributed by atoms with E-state index in [4.69, 9.17) is 11.1 Å². The Kier molecular flexibility index (Phi) is 6.27. The molecule has 5 aromatic rings. The van der Waals surface area contributed by atoms with Gasteiger partial charge in [0.25, 0.3) is 0 Å². The summed E-state index contributed by atoms with van der Waals surface area (Å²) in [6.07, 6.45) is 16.9. The van der Waals surface area contributed by atoms with E-state index in [0.29, 0.717) is 11.8 Å². The molecule has 0 saturated heterocycles. The van der Waals surface area contributed by atoms with Crippen LogP contribution < -0.4 is 5.73 Å². The van der Waals surface area contributed by atoms with E-state index >= 15 is 0 Å². The molecule has 4 atom stereocenters. The van der Waals surface area contributed by atoms with Gasteiger partial charge in [-0.1, -0.05) is 147 Å². The van der Waals surface area contributed by atoms with Gasteiger partial charge in [0.15, 0.2) is 0 Å². The molecule has 0 radical (unpaired) electrons. The van der Waals surface area contributed by atoms with E-state index in [1.165, 1.54) is 78.2 Å². The van der Waals surface area contributed by atoms with Crippen LogP contribution in [0.25, 0.3) is 33.0 Å². The summed E-state index contributed by atoms with van der Waals surface area (Å²) < 4.78 is 0. The van der Waals surface area contributed by atoms with Gasteiger partial charge in [0.1, 0.15) is 0 Å². The van der Waals surface area contributed by atoms with Crippen molar-refractivity contribution in [3.63, 3.8) is 0 Å². The summed E-state index contributed by atoms with van der Waals surface area (Å²) in [5.41, 5.74) is 24.4. The van der Waals surface area contributed by atoms with Gasteiger partial charge in [0.05, 0.1) is 11.5 Å². The summed E-state index contributed by atoms with van der Waals surface area (Å²) in [4.78, 5) is 0. The third-order valence-corrected chi connectivity index (χ3v) is 12.7. The maximum Gasteiger partial charge on any atom is 0.0722 e. The van der Waals surface area contributed by atoms with Crippen molar-refractivity contribution >= 4 is 28.1 Å². The zero-order valence-electron chi connectivity index (χ0n) is 28.6. The summed E-state index contributed by atoms with van der Waals surface area (Å²) in [6, 6.07) is 37.9. The van der Waals surface area contributed by atoms with Gasteiger partial charge in [-0.2, -0.15) is 0 Å². The van der Waals surface area contributed by atoms with Crippen molar-refractivity contribution in [1.82, 2.24) is 0 Å². The smallest absolute Gasteiger partial charge is 0.0722 e. The average molecular weight is 645 g/mol. The molecule has 0 aliphatic heterocycles. The number of hydrogen-bond donors (Lipinski definition) is 2. The number of fused-ring (bicyclic) bond motifs is 14. The van der Waals surface area contributed by atoms with Crippen LogP contribution in [0.15, 0.2) is 151 Å². The Morgan fingerprint density at radius 1 is 0.780 bits per heavy atom. The van der Waals surface area contributed by atoms with Crippen LogP contribution in [0.1, 0.15) is 71.6 Å². The van der Waals surface area contributed by atoms with Gasteiger partial charge in [-0.15, -0.1) is 0 Å². The minimum Gasteiger partial charge on any atom is -0.321 e. The molecule has 3 unspecified atom stereocenters. The maximum atomic E-state index is 8.16. The summed E-state index contributed by atoms with van der Waals surface area (Å²) in [5.74, 6) is 0.840. The third-order valence-electron chi connectivity index (χ3n) is 12.7. The molecule has 0 bridgehead atoms. The highest BCUT2D eigenvalue weighted by molar-refractivity contribution is 6.00. The number of rotatable bonds is 4. The largest absolute Gasteiger partial charge is 0.321 e. The lowest BCUT2D eigenvalue weighted by Gasteiger charge is -2.34. The van der Waals surface area contributed by atoms with Crippen LogP contribution in [0.5, 0.6) is 0 Å². The van der Waals surface area contributed by atoms with Crippen LogP contribution in [-0.2, 0) is 10.8 Å². The zero-order valence-corrected chi connectivity index (χ0v) is 28.6. The molecule has 0 fully saturated rings. The summed E-state index contributed by atoms with van der Waals surface area (Å²) in [5, 5.41) is 10.5. The highest BCUT2D eigenvalue weighted by Gasteiger charge is 2.56. The minimum atomic E-state index is -0.418. The van der Waals surface area contributed by atoms with Gasteiger partial charge in [0, 0.05) is 12.1 Å². The average Bonchev–Trinajstić information content (AvgIpc) is 3.72. The van der Waals surface area contributed by atoms with E-state index in [0.717, 1.165) is 24.0 Å². The molecule has 5 aliphatic rings. The molecule has 0 amide bonds. The Morgan fingerprint density at radius 2 is 1.50 bits per heavy atom. The van der Waals surface area contributed by atoms with Crippen molar-refractivity contribution in [2.24, 2.45) is 11.7 Å². The van der Waals surface area contributed by atoms with Gasteiger partial charge in [-0.05, 0) is 113 Å². The van der Waals surface area contributed by atoms with Crippen molar-refractivity contribution in [2.45, 2.75) is 49.5 Å². The van der Waals surface area contributed by atoms with Crippen molar-refractivity contribution < 1.29 is 0 Å². The predicted molar refractivity (Wildman–Crippen MR) is 209 cm³/mol. The van der Waals surface area contributed by atoms with E-state index in [1.807, 2.05) is 6.08 Å². The summed E-state index contributed by atoms with van der Waals surface area (Å²) in [6.45, 7) is 4.92. The van der Waals surface area contributed by atoms with Crippen LogP contribution in [0.3, 0.4) is 0 Å². The molecule has 2 nitrogen and oxygen atoms in total. The van der Waals surface area contributed by atoms with Crippen LogP contribution >= 0.6 is 0 Å². The van der Waals surface area contributed by atoms with E-state index in [9.17, 15) is 0 Å². The quantitative estimate of drug-likeness (QED) is 0.188. The first kappa shape index (κ1) is 29.6. The molecule has 0 aromatic heterocycles. The van der Waals surface area contributed by atoms with Crippen LogP contribution in [0.2, 0.25) is 0 Å². The molecule has 5 aromatic carbocycles. The second-order valence-corrected chi connectivity index (χ2v) is 15.2. The lowest BCUT2D eigenvalue weighted by Crippen LogP contribution is -2.30. The normalized spacial score (nSPS) is 24.0. The third kappa shape index (κ3) is 3.70. The van der Waals surface area contributed by atoms with Gasteiger partial charge in [-0.3, -0.25) is 0 Å². The molecule has 10 rings (SSSR count). The number of benzene rings is 5. The molecule has 50 heavy (non-hydrogen) atoms. The lowest BCUT2D eigenvalue weighted by atomic mass is 9.67. The number of nitrogens with two attached hydrogens (primary N) is 1. The molecular formula is C48H40N2. The molecule has 242 valence electrons. The van der Waals surface area contributed by atoms with Crippen LogP contribution in [0, 0.1) is 11.3 Å². The fourth-order valence-electron chi connectivity index (χ4n) is 10.7. The lowest BCUT2D eigenvalue weighted by molar-refractivity contribution is 0.395. The van der Waals surface area contributed by atoms with Gasteiger partial charge in [0.2, 0.25) is 0 Å². The Bertz CT molecular complexity index is 2460. The van der Waals surface area contributed by atoms with Crippen molar-refractivity contribution in [1.29, 1.82) is 5.41 Å². The zero-order chi connectivity index (χ0) is 33.8. The topological polar surface area (TPSA) is 49.9 Å². The van der Waals surface area contributed by atoms with E-state index in [-0.39, 0.29) is 11.5 Å². The maximum absolute atomic E-state index is 8.16. The monoisotopic (exact) mass is 644 g/mol. The SMILES string of the molecule is CC1(C)c2c(ccc3c2-c2ccccc2C32C3=C(CCC([C@@H](N)/C(=C\C=N)c4cccc5ccccc45)=C3)c3ccccc32)C2C=CC=CC21. The summed E-state index contributed by atoms with van der Waals surface area (Å²) >= 11 is 0. The molecular weight excluding hydrogens is 605 g/mol. The first-order valence-electron chi connectivity index (χ1n) is 18.1. The van der Waals surface area contributed by atoms with Crippen molar-refractivity contribution in [3.8, 4) is 11.1 Å².